The molecule has 0 saturated carbocycles. The van der Waals surface area contributed by atoms with Crippen LogP contribution in [0, 0.1) is 0 Å². The van der Waals surface area contributed by atoms with E-state index in [0.717, 1.165) is 24.3 Å². The molecule has 4 rings (SSSR count). The van der Waals surface area contributed by atoms with Crippen LogP contribution in [-0.4, -0.2) is 26.1 Å². The van der Waals surface area contributed by atoms with Crippen LogP contribution in [0.4, 0.5) is 13.2 Å². The third kappa shape index (κ3) is 3.99. The molecule has 0 aliphatic rings. The first-order valence-electron chi connectivity index (χ1n) is 9.30. The van der Waals surface area contributed by atoms with Gasteiger partial charge in [-0.2, -0.15) is 13.2 Å². The monoisotopic (exact) mass is 461 g/mol. The van der Waals surface area contributed by atoms with Crippen molar-refractivity contribution in [3.63, 3.8) is 0 Å². The number of carboxylic acids is 1. The Hall–Kier alpha value is -3.59. The second-order valence-corrected chi connectivity index (χ2v) is 7.54. The van der Waals surface area contributed by atoms with E-state index in [9.17, 15) is 23.1 Å². The molecular formula is C22H15ClF3N3O3. The fraction of sp³-hybridized carbons (Fsp3) is 0.136. The maximum Gasteiger partial charge on any atom is 0.416 e. The molecule has 0 aliphatic carbocycles. The van der Waals surface area contributed by atoms with Gasteiger partial charge in [-0.15, -0.1) is 15.0 Å². The van der Waals surface area contributed by atoms with Gasteiger partial charge in [0.05, 0.1) is 5.56 Å². The largest absolute Gasteiger partial charge is 0.478 e. The van der Waals surface area contributed by atoms with Crippen molar-refractivity contribution in [3.8, 4) is 11.4 Å². The minimum absolute atomic E-state index is 0.0254. The van der Waals surface area contributed by atoms with Crippen molar-refractivity contribution in [2.45, 2.75) is 18.7 Å². The van der Waals surface area contributed by atoms with Crippen molar-refractivity contribution in [3.05, 3.63) is 82.9 Å². The molecule has 3 aromatic carbocycles. The molecule has 0 aliphatic heterocycles. The number of halogens is 4. The van der Waals surface area contributed by atoms with Gasteiger partial charge in [-0.3, -0.25) is 0 Å². The van der Waals surface area contributed by atoms with Crippen molar-refractivity contribution >= 4 is 28.6 Å². The number of rotatable bonds is 5. The van der Waals surface area contributed by atoms with E-state index in [2.05, 4.69) is 10.2 Å². The highest BCUT2D eigenvalue weighted by atomic mass is 35.5. The topological polar surface area (TPSA) is 77.2 Å². The summed E-state index contributed by atoms with van der Waals surface area (Å²) in [7, 11) is 0. The van der Waals surface area contributed by atoms with Crippen LogP contribution in [0.25, 0.3) is 16.7 Å². The maximum atomic E-state index is 12.9. The predicted molar refractivity (Wildman–Crippen MR) is 111 cm³/mol. The number of carboxylic acid groups (broad SMARTS) is 1. The van der Waals surface area contributed by atoms with E-state index >= 15 is 0 Å². The average molecular weight is 462 g/mol. The van der Waals surface area contributed by atoms with Crippen LogP contribution in [-0.2, 0) is 16.6 Å². The number of carbonyl (C=O) groups is 1. The number of benzene rings is 3. The Morgan fingerprint density at radius 3 is 2.06 bits per heavy atom. The zero-order valence-corrected chi connectivity index (χ0v) is 17.2. The number of hydrogen-bond donors (Lipinski definition) is 1. The maximum absolute atomic E-state index is 12.9. The van der Waals surface area contributed by atoms with Gasteiger partial charge in [-0.05, 0) is 49.4 Å². The summed E-state index contributed by atoms with van der Waals surface area (Å²) in [6.07, 6.45) is -4.55. The minimum Gasteiger partial charge on any atom is -0.478 e. The van der Waals surface area contributed by atoms with Crippen molar-refractivity contribution in [2.75, 3.05) is 0 Å². The van der Waals surface area contributed by atoms with E-state index in [-0.39, 0.29) is 17.0 Å². The Morgan fingerprint density at radius 2 is 1.53 bits per heavy atom. The fourth-order valence-corrected chi connectivity index (χ4v) is 3.29. The number of nitrogens with zero attached hydrogens (tertiary/aromatic N) is 3. The molecular weight excluding hydrogens is 447 g/mol. The van der Waals surface area contributed by atoms with Crippen LogP contribution in [0.3, 0.4) is 0 Å². The quantitative estimate of drug-likeness (QED) is 0.426. The normalized spacial score (nSPS) is 13.7. The highest BCUT2D eigenvalue weighted by Crippen LogP contribution is 2.36. The van der Waals surface area contributed by atoms with Crippen molar-refractivity contribution in [1.29, 1.82) is 0 Å². The molecule has 0 spiro atoms. The lowest BCUT2D eigenvalue weighted by molar-refractivity contribution is -0.154. The molecule has 1 atom stereocenters. The number of ether oxygens (including phenoxy) is 1. The Labute approximate surface area is 184 Å². The van der Waals surface area contributed by atoms with Crippen LogP contribution in [0.5, 0.6) is 5.75 Å². The third-order valence-electron chi connectivity index (χ3n) is 4.91. The molecule has 10 heteroatoms. The molecule has 32 heavy (non-hydrogen) atoms. The summed E-state index contributed by atoms with van der Waals surface area (Å²) in [6.45, 7) is 1.25. The van der Waals surface area contributed by atoms with Crippen LogP contribution < -0.4 is 4.74 Å². The lowest BCUT2D eigenvalue weighted by Gasteiger charge is -2.28. The smallest absolute Gasteiger partial charge is 0.416 e. The van der Waals surface area contributed by atoms with Gasteiger partial charge in [-0.25, -0.2) is 4.79 Å². The SMILES string of the molecule is CC(Oc1ccc(Cl)cc1-n1nc2ccccc2n1)(C(=O)O)c1ccc(C(F)(F)F)cc1. The van der Waals surface area contributed by atoms with Gasteiger partial charge in [0.15, 0.2) is 0 Å². The third-order valence-corrected chi connectivity index (χ3v) is 5.14. The molecule has 0 bridgehead atoms. The van der Waals surface area contributed by atoms with Gasteiger partial charge >= 0.3 is 12.1 Å². The first kappa shape index (κ1) is 21.6. The van der Waals surface area contributed by atoms with E-state index in [1.54, 1.807) is 24.3 Å². The van der Waals surface area contributed by atoms with Gasteiger partial charge in [0.1, 0.15) is 22.5 Å². The summed E-state index contributed by atoms with van der Waals surface area (Å²) in [5.74, 6) is -1.31. The molecule has 1 heterocycles. The summed E-state index contributed by atoms with van der Waals surface area (Å²) >= 11 is 6.13. The fourth-order valence-electron chi connectivity index (χ4n) is 3.12. The summed E-state index contributed by atoms with van der Waals surface area (Å²) in [6, 6.07) is 15.3. The average Bonchev–Trinajstić information content (AvgIpc) is 3.18. The van der Waals surface area contributed by atoms with Crippen molar-refractivity contribution in [1.82, 2.24) is 15.0 Å². The molecule has 4 aromatic rings. The number of hydrogen-bond acceptors (Lipinski definition) is 4. The van der Waals surface area contributed by atoms with E-state index < -0.39 is 23.3 Å². The molecule has 0 amide bonds. The van der Waals surface area contributed by atoms with Gasteiger partial charge < -0.3 is 9.84 Å². The van der Waals surface area contributed by atoms with Crippen LogP contribution in [0.15, 0.2) is 66.7 Å². The Kier molecular flexibility index (Phi) is 5.29. The summed E-state index contributed by atoms with van der Waals surface area (Å²) < 4.78 is 44.6. The first-order valence-corrected chi connectivity index (χ1v) is 9.68. The van der Waals surface area contributed by atoms with Gasteiger partial charge in [0.2, 0.25) is 5.60 Å². The predicted octanol–water partition coefficient (Wildman–Crippen LogP) is 5.47. The van der Waals surface area contributed by atoms with E-state index in [0.29, 0.717) is 16.1 Å². The molecule has 0 saturated heterocycles. The van der Waals surface area contributed by atoms with Crippen molar-refractivity contribution in [2.24, 2.45) is 0 Å². The second-order valence-electron chi connectivity index (χ2n) is 7.11. The Bertz CT molecular complexity index is 1270. The lowest BCUT2D eigenvalue weighted by Crippen LogP contribution is -2.39. The minimum atomic E-state index is -4.55. The molecule has 1 N–H and O–H groups in total. The number of alkyl halides is 3. The van der Waals surface area contributed by atoms with E-state index in [1.807, 2.05) is 0 Å². The second kappa shape index (κ2) is 7.83. The van der Waals surface area contributed by atoms with Crippen LogP contribution in [0.2, 0.25) is 5.02 Å². The summed E-state index contributed by atoms with van der Waals surface area (Å²) in [5, 5.41) is 19.0. The highest BCUT2D eigenvalue weighted by molar-refractivity contribution is 6.30. The summed E-state index contributed by atoms with van der Waals surface area (Å²) in [4.78, 5) is 13.4. The molecule has 0 fully saturated rings. The van der Waals surface area contributed by atoms with E-state index in [4.69, 9.17) is 16.3 Å². The molecule has 1 aromatic heterocycles. The van der Waals surface area contributed by atoms with Gasteiger partial charge in [0, 0.05) is 10.6 Å². The zero-order chi connectivity index (χ0) is 23.1. The first-order chi connectivity index (χ1) is 15.1. The number of aromatic nitrogens is 3. The Balaban J connectivity index is 1.78. The Morgan fingerprint density at radius 1 is 0.969 bits per heavy atom. The van der Waals surface area contributed by atoms with Gasteiger partial charge in [0.25, 0.3) is 0 Å². The lowest BCUT2D eigenvalue weighted by atomic mass is 9.94. The van der Waals surface area contributed by atoms with E-state index in [1.165, 1.54) is 29.9 Å². The number of fused-ring (bicyclic) bond motifs is 1. The number of aliphatic carboxylic acids is 1. The highest BCUT2D eigenvalue weighted by Gasteiger charge is 2.40. The van der Waals surface area contributed by atoms with Crippen LogP contribution >= 0.6 is 11.6 Å². The zero-order valence-electron chi connectivity index (χ0n) is 16.5. The molecule has 164 valence electrons. The van der Waals surface area contributed by atoms with Crippen molar-refractivity contribution < 1.29 is 27.8 Å². The summed E-state index contributed by atoms with van der Waals surface area (Å²) in [5.41, 5.74) is -1.40. The molecule has 1 unspecified atom stereocenters. The molecule has 6 nitrogen and oxygen atoms in total. The molecule has 0 radical (unpaired) electrons. The van der Waals surface area contributed by atoms with Crippen LogP contribution in [0.1, 0.15) is 18.1 Å². The van der Waals surface area contributed by atoms with Gasteiger partial charge in [-0.1, -0.05) is 35.9 Å². The standard InChI is InChI=1S/C22H15ClF3N3O3/c1-21(20(30)31,13-6-8-14(9-7-13)22(24,25)26)32-19-11-10-15(23)12-18(19)29-27-16-4-2-3-5-17(16)28-29/h2-12H,1H3,(H,30,31).